The summed E-state index contributed by atoms with van der Waals surface area (Å²) in [6.07, 6.45) is -0.0291. The molecule has 0 heterocycles. The largest absolute Gasteiger partial charge is 0.761 e. The summed E-state index contributed by atoms with van der Waals surface area (Å²) in [6, 6.07) is 2.81. The predicted octanol–water partition coefficient (Wildman–Crippen LogP) is 2.75. The molecule has 134 valence electrons. The Labute approximate surface area is 148 Å². The standard InChI is InChI=1S/C15H21BrN3O5/c1-15(2,3)24-14(21)18-5-4-6-23-11-8-9(13(17)20)7-10(16)12(11)19-22/h7-8,19H,4-6H2,1-3H3,(H2,17,20)(H,18,21)/q-1. The highest BCUT2D eigenvalue weighted by Gasteiger charge is 2.15. The summed E-state index contributed by atoms with van der Waals surface area (Å²) in [5, 5.41) is 13.6. The predicted molar refractivity (Wildman–Crippen MR) is 94.0 cm³/mol. The molecule has 0 radical (unpaired) electrons. The second-order valence-corrected chi connectivity index (χ2v) is 6.78. The number of hydrogen-bond donors (Lipinski definition) is 3. The Morgan fingerprint density at radius 1 is 1.33 bits per heavy atom. The van der Waals surface area contributed by atoms with Crippen molar-refractivity contribution in [1.82, 2.24) is 5.32 Å². The van der Waals surface area contributed by atoms with Crippen LogP contribution in [0.3, 0.4) is 0 Å². The Morgan fingerprint density at radius 2 is 2.00 bits per heavy atom. The lowest BCUT2D eigenvalue weighted by Crippen LogP contribution is -2.33. The van der Waals surface area contributed by atoms with Gasteiger partial charge in [-0.1, -0.05) is 0 Å². The Hall–Kier alpha value is -2.00. The molecular weight excluding hydrogens is 382 g/mol. The molecule has 0 saturated carbocycles. The zero-order valence-corrected chi connectivity index (χ0v) is 15.4. The van der Waals surface area contributed by atoms with Crippen LogP contribution in [0.15, 0.2) is 16.6 Å². The van der Waals surface area contributed by atoms with Gasteiger partial charge in [-0.3, -0.25) is 4.79 Å². The molecule has 1 aromatic carbocycles. The molecule has 9 heteroatoms. The van der Waals surface area contributed by atoms with Gasteiger partial charge in [0.15, 0.2) is 0 Å². The van der Waals surface area contributed by atoms with E-state index in [4.69, 9.17) is 15.2 Å². The van der Waals surface area contributed by atoms with Gasteiger partial charge >= 0.3 is 6.09 Å². The average Bonchev–Trinajstić information content (AvgIpc) is 2.44. The van der Waals surface area contributed by atoms with Crippen molar-refractivity contribution in [2.75, 3.05) is 18.6 Å². The third-order valence-electron chi connectivity index (χ3n) is 2.69. The van der Waals surface area contributed by atoms with Crippen LogP contribution in [0.25, 0.3) is 0 Å². The van der Waals surface area contributed by atoms with Crippen LogP contribution in [-0.2, 0) is 4.74 Å². The van der Waals surface area contributed by atoms with E-state index in [0.717, 1.165) is 0 Å². The van der Waals surface area contributed by atoms with E-state index < -0.39 is 17.6 Å². The molecule has 1 aromatic rings. The SMILES string of the molecule is CC(C)(C)OC(=O)NCCCOc1cc(C(N)=O)cc(Br)c1N[O-]. The zero-order valence-electron chi connectivity index (χ0n) is 13.8. The van der Waals surface area contributed by atoms with E-state index in [2.05, 4.69) is 21.2 Å². The number of alkyl carbamates (subject to hydrolysis) is 1. The highest BCUT2D eigenvalue weighted by molar-refractivity contribution is 9.10. The minimum atomic E-state index is -0.635. The quantitative estimate of drug-likeness (QED) is 0.475. The van der Waals surface area contributed by atoms with E-state index in [-0.39, 0.29) is 23.6 Å². The molecule has 0 aliphatic heterocycles. The second kappa shape index (κ2) is 8.74. The minimum absolute atomic E-state index is 0.167. The molecular formula is C15H21BrN3O5-. The number of rotatable bonds is 7. The van der Waals surface area contributed by atoms with E-state index >= 15 is 0 Å². The van der Waals surface area contributed by atoms with Crippen molar-refractivity contribution in [3.63, 3.8) is 0 Å². The highest BCUT2D eigenvalue weighted by atomic mass is 79.9. The van der Waals surface area contributed by atoms with Gasteiger partial charge < -0.3 is 31.2 Å². The van der Waals surface area contributed by atoms with Crippen molar-refractivity contribution in [3.8, 4) is 5.75 Å². The van der Waals surface area contributed by atoms with Crippen molar-refractivity contribution in [2.45, 2.75) is 32.8 Å². The normalized spacial score (nSPS) is 10.9. The Kier molecular flexibility index (Phi) is 7.30. The van der Waals surface area contributed by atoms with Gasteiger partial charge in [0.25, 0.3) is 0 Å². The van der Waals surface area contributed by atoms with Crippen LogP contribution < -0.4 is 21.3 Å². The molecule has 0 unspecified atom stereocenters. The Morgan fingerprint density at radius 3 is 2.54 bits per heavy atom. The average molecular weight is 403 g/mol. The number of amides is 2. The summed E-state index contributed by atoms with van der Waals surface area (Å²) < 4.78 is 11.0. The molecule has 24 heavy (non-hydrogen) atoms. The van der Waals surface area contributed by atoms with E-state index in [1.165, 1.54) is 12.1 Å². The number of hydrogen-bond acceptors (Lipinski definition) is 6. The van der Waals surface area contributed by atoms with Crippen LogP contribution in [0.5, 0.6) is 5.75 Å². The Bertz CT molecular complexity index is 602. The van der Waals surface area contributed by atoms with Crippen LogP contribution in [0, 0.1) is 5.21 Å². The first kappa shape index (κ1) is 20.0. The van der Waals surface area contributed by atoms with Gasteiger partial charge in [-0.05, 0) is 55.3 Å². The molecule has 0 aromatic heterocycles. The fourth-order valence-corrected chi connectivity index (χ4v) is 2.22. The maximum absolute atomic E-state index is 11.5. The fourth-order valence-electron chi connectivity index (χ4n) is 1.70. The molecule has 2 amide bonds. The first-order valence-electron chi connectivity index (χ1n) is 7.25. The third kappa shape index (κ3) is 6.63. The summed E-state index contributed by atoms with van der Waals surface area (Å²) in [4.78, 5) is 22.7. The first-order chi connectivity index (χ1) is 11.1. The monoisotopic (exact) mass is 402 g/mol. The number of carbonyl (C=O) groups excluding carboxylic acids is 2. The number of primary amides is 1. The van der Waals surface area contributed by atoms with E-state index in [1.54, 1.807) is 26.3 Å². The minimum Gasteiger partial charge on any atom is -0.761 e. The van der Waals surface area contributed by atoms with Crippen LogP contribution in [0.2, 0.25) is 0 Å². The number of ether oxygens (including phenoxy) is 2. The van der Waals surface area contributed by atoms with E-state index in [0.29, 0.717) is 17.4 Å². The van der Waals surface area contributed by atoms with E-state index in [9.17, 15) is 14.8 Å². The number of halogens is 1. The van der Waals surface area contributed by atoms with Gasteiger partial charge in [0.1, 0.15) is 11.4 Å². The summed E-state index contributed by atoms with van der Waals surface area (Å²) in [6.45, 7) is 5.88. The molecule has 0 atom stereocenters. The lowest BCUT2D eigenvalue weighted by molar-refractivity contribution is 0.0525. The summed E-state index contributed by atoms with van der Waals surface area (Å²) in [5.74, 6) is -0.435. The van der Waals surface area contributed by atoms with Crippen molar-refractivity contribution in [2.24, 2.45) is 5.73 Å². The molecule has 8 nitrogen and oxygen atoms in total. The molecule has 0 bridgehead atoms. The summed E-state index contributed by atoms with van der Waals surface area (Å²) in [7, 11) is 0. The third-order valence-corrected chi connectivity index (χ3v) is 3.31. The second-order valence-electron chi connectivity index (χ2n) is 5.93. The molecule has 4 N–H and O–H groups in total. The number of benzene rings is 1. The van der Waals surface area contributed by atoms with Crippen LogP contribution in [0.1, 0.15) is 37.6 Å². The molecule has 0 saturated heterocycles. The molecule has 0 fully saturated rings. The van der Waals surface area contributed by atoms with Crippen molar-refractivity contribution >= 4 is 33.6 Å². The fraction of sp³-hybridized carbons (Fsp3) is 0.467. The van der Waals surface area contributed by atoms with Crippen LogP contribution >= 0.6 is 15.9 Å². The number of nitrogens with one attached hydrogen (secondary N) is 2. The summed E-state index contributed by atoms with van der Waals surface area (Å²) in [5.41, 5.74) is 6.80. The molecule has 1 rings (SSSR count). The van der Waals surface area contributed by atoms with Crippen molar-refractivity contribution in [1.29, 1.82) is 0 Å². The maximum atomic E-state index is 11.5. The van der Waals surface area contributed by atoms with Crippen LogP contribution in [-0.4, -0.2) is 30.8 Å². The van der Waals surface area contributed by atoms with Gasteiger partial charge in [-0.2, -0.15) is 0 Å². The molecule has 0 spiro atoms. The highest BCUT2D eigenvalue weighted by Crippen LogP contribution is 2.34. The smallest absolute Gasteiger partial charge is 0.407 e. The summed E-state index contributed by atoms with van der Waals surface area (Å²) >= 11 is 3.17. The van der Waals surface area contributed by atoms with Crippen molar-refractivity contribution < 1.29 is 19.1 Å². The number of nitrogens with two attached hydrogens (primary N) is 1. The molecule has 0 aliphatic rings. The lowest BCUT2D eigenvalue weighted by atomic mass is 10.2. The van der Waals surface area contributed by atoms with Gasteiger partial charge in [0.05, 0.1) is 12.3 Å². The number of carbonyl (C=O) groups is 2. The Balaban J connectivity index is 2.53. The maximum Gasteiger partial charge on any atom is 0.407 e. The zero-order chi connectivity index (χ0) is 18.3. The van der Waals surface area contributed by atoms with E-state index in [1.807, 2.05) is 0 Å². The van der Waals surface area contributed by atoms with Gasteiger partial charge in [0.2, 0.25) is 5.91 Å². The van der Waals surface area contributed by atoms with Gasteiger partial charge in [0, 0.05) is 16.6 Å². The lowest BCUT2D eigenvalue weighted by Gasteiger charge is -2.20. The van der Waals surface area contributed by atoms with Crippen molar-refractivity contribution in [3.05, 3.63) is 27.4 Å². The van der Waals surface area contributed by atoms with Gasteiger partial charge in [-0.25, -0.2) is 4.79 Å². The topological polar surface area (TPSA) is 126 Å². The first-order valence-corrected chi connectivity index (χ1v) is 8.04. The van der Waals surface area contributed by atoms with Crippen LogP contribution in [0.4, 0.5) is 10.5 Å². The van der Waals surface area contributed by atoms with Gasteiger partial charge in [-0.15, -0.1) is 0 Å². The number of anilines is 1. The molecule has 0 aliphatic carbocycles.